The number of phenolic OH excluding ortho intramolecular Hbond substituents is 1. The van der Waals surface area contributed by atoms with E-state index in [-0.39, 0.29) is 11.3 Å². The highest BCUT2D eigenvalue weighted by Crippen LogP contribution is 2.47. The number of aromatic nitrogens is 1. The molecule has 0 aliphatic heterocycles. The Bertz CT molecular complexity index is 500. The van der Waals surface area contributed by atoms with Gasteiger partial charge < -0.3 is 15.3 Å². The maximum absolute atomic E-state index is 9.91. The van der Waals surface area contributed by atoms with Gasteiger partial charge in [-0.3, -0.25) is 0 Å². The van der Waals surface area contributed by atoms with Gasteiger partial charge in [0.1, 0.15) is 5.75 Å². The van der Waals surface area contributed by atoms with Crippen LogP contribution in [0.3, 0.4) is 0 Å². The van der Waals surface area contributed by atoms with Crippen LogP contribution in [0.25, 0.3) is 11.1 Å². The van der Waals surface area contributed by atoms with Gasteiger partial charge in [0.15, 0.2) is 17.5 Å². The fourth-order valence-corrected chi connectivity index (χ4v) is 1.72. The standard InChI is InChI=1S/C10H10N2O2/c11-10(3-4-10)6-1-2-7-8(9(6)13)12-5-14-7/h1-2,5,13H,3-4,11H2. The number of rotatable bonds is 1. The highest BCUT2D eigenvalue weighted by Gasteiger charge is 2.42. The summed E-state index contributed by atoms with van der Waals surface area (Å²) in [4.78, 5) is 3.95. The molecule has 0 atom stereocenters. The lowest BCUT2D eigenvalue weighted by molar-refractivity contribution is 0.465. The van der Waals surface area contributed by atoms with Crippen molar-refractivity contribution < 1.29 is 9.52 Å². The SMILES string of the molecule is NC1(c2ccc3ocnc3c2O)CC1. The van der Waals surface area contributed by atoms with Gasteiger partial charge in [-0.25, -0.2) is 4.98 Å². The van der Waals surface area contributed by atoms with Crippen LogP contribution >= 0.6 is 0 Å². The van der Waals surface area contributed by atoms with Crippen LogP contribution in [0.2, 0.25) is 0 Å². The second-order valence-electron chi connectivity index (χ2n) is 3.82. The summed E-state index contributed by atoms with van der Waals surface area (Å²) in [6.07, 6.45) is 3.16. The highest BCUT2D eigenvalue weighted by molar-refractivity contribution is 5.81. The molecule has 1 aromatic carbocycles. The number of benzene rings is 1. The van der Waals surface area contributed by atoms with Crippen molar-refractivity contribution in [3.05, 3.63) is 24.1 Å². The Morgan fingerprint density at radius 2 is 2.21 bits per heavy atom. The molecule has 4 heteroatoms. The van der Waals surface area contributed by atoms with Crippen molar-refractivity contribution in [2.24, 2.45) is 5.73 Å². The summed E-state index contributed by atoms with van der Waals surface area (Å²) in [5.41, 5.74) is 7.54. The molecule has 1 saturated carbocycles. The zero-order valence-electron chi connectivity index (χ0n) is 7.53. The molecule has 0 bridgehead atoms. The molecule has 1 heterocycles. The fraction of sp³-hybridized carbons (Fsp3) is 0.300. The zero-order chi connectivity index (χ0) is 9.76. The van der Waals surface area contributed by atoms with E-state index in [1.54, 1.807) is 6.07 Å². The summed E-state index contributed by atoms with van der Waals surface area (Å²) in [7, 11) is 0. The van der Waals surface area contributed by atoms with Crippen LogP contribution in [0.15, 0.2) is 22.9 Å². The van der Waals surface area contributed by atoms with Crippen molar-refractivity contribution in [1.29, 1.82) is 0 Å². The summed E-state index contributed by atoms with van der Waals surface area (Å²) >= 11 is 0. The lowest BCUT2D eigenvalue weighted by atomic mass is 10.0. The Morgan fingerprint density at radius 1 is 1.43 bits per heavy atom. The summed E-state index contributed by atoms with van der Waals surface area (Å²) in [6, 6.07) is 3.61. The molecular formula is C10H10N2O2. The van der Waals surface area contributed by atoms with Crippen molar-refractivity contribution in [3.8, 4) is 5.75 Å². The predicted octanol–water partition coefficient (Wildman–Crippen LogP) is 1.48. The summed E-state index contributed by atoms with van der Waals surface area (Å²) in [6.45, 7) is 0. The molecule has 0 amide bonds. The van der Waals surface area contributed by atoms with E-state index in [9.17, 15) is 5.11 Å². The Hall–Kier alpha value is -1.55. The Morgan fingerprint density at radius 3 is 2.93 bits per heavy atom. The van der Waals surface area contributed by atoms with Crippen LogP contribution in [0.5, 0.6) is 5.75 Å². The molecule has 0 saturated heterocycles. The summed E-state index contributed by atoms with van der Waals surface area (Å²) in [5, 5.41) is 9.91. The largest absolute Gasteiger partial charge is 0.505 e. The number of oxazole rings is 1. The minimum atomic E-state index is -0.336. The molecule has 0 radical (unpaired) electrons. The molecule has 0 spiro atoms. The van der Waals surface area contributed by atoms with Crippen LogP contribution in [0, 0.1) is 0 Å². The molecule has 3 rings (SSSR count). The Labute approximate surface area is 80.4 Å². The number of phenols is 1. The van der Waals surface area contributed by atoms with Gasteiger partial charge in [0, 0.05) is 11.1 Å². The third-order valence-electron chi connectivity index (χ3n) is 2.80. The molecule has 2 aromatic rings. The van der Waals surface area contributed by atoms with E-state index in [0.29, 0.717) is 11.1 Å². The van der Waals surface area contributed by atoms with Crippen LogP contribution in [-0.2, 0) is 5.54 Å². The minimum absolute atomic E-state index is 0.163. The van der Waals surface area contributed by atoms with E-state index < -0.39 is 0 Å². The second-order valence-corrected chi connectivity index (χ2v) is 3.82. The normalized spacial score (nSPS) is 18.6. The number of hydrogen-bond acceptors (Lipinski definition) is 4. The van der Waals surface area contributed by atoms with E-state index in [0.717, 1.165) is 18.4 Å². The quantitative estimate of drug-likeness (QED) is 0.714. The van der Waals surface area contributed by atoms with E-state index >= 15 is 0 Å². The van der Waals surface area contributed by atoms with Gasteiger partial charge in [-0.15, -0.1) is 0 Å². The van der Waals surface area contributed by atoms with E-state index in [1.807, 2.05) is 6.07 Å². The first kappa shape index (κ1) is 7.82. The smallest absolute Gasteiger partial charge is 0.182 e. The average Bonchev–Trinajstić information content (AvgIpc) is 2.75. The third-order valence-corrected chi connectivity index (χ3v) is 2.80. The van der Waals surface area contributed by atoms with Gasteiger partial charge in [0.05, 0.1) is 0 Å². The maximum Gasteiger partial charge on any atom is 0.182 e. The first-order valence-electron chi connectivity index (χ1n) is 4.55. The maximum atomic E-state index is 9.91. The molecule has 1 fully saturated rings. The monoisotopic (exact) mass is 190 g/mol. The molecule has 72 valence electrons. The lowest BCUT2D eigenvalue weighted by Crippen LogP contribution is -2.18. The predicted molar refractivity (Wildman–Crippen MR) is 50.8 cm³/mol. The first-order valence-corrected chi connectivity index (χ1v) is 4.55. The van der Waals surface area contributed by atoms with E-state index in [2.05, 4.69) is 4.98 Å². The number of aromatic hydroxyl groups is 1. The topological polar surface area (TPSA) is 72.3 Å². The van der Waals surface area contributed by atoms with Crippen molar-refractivity contribution in [3.63, 3.8) is 0 Å². The second kappa shape index (κ2) is 2.27. The molecule has 14 heavy (non-hydrogen) atoms. The van der Waals surface area contributed by atoms with Gasteiger partial charge in [0.25, 0.3) is 0 Å². The van der Waals surface area contributed by atoms with Crippen LogP contribution in [0.4, 0.5) is 0 Å². The minimum Gasteiger partial charge on any atom is -0.505 e. The van der Waals surface area contributed by atoms with Crippen molar-refractivity contribution >= 4 is 11.1 Å². The highest BCUT2D eigenvalue weighted by atomic mass is 16.3. The number of hydrogen-bond donors (Lipinski definition) is 2. The van der Waals surface area contributed by atoms with Crippen molar-refractivity contribution in [2.75, 3.05) is 0 Å². The molecule has 0 unspecified atom stereocenters. The first-order chi connectivity index (χ1) is 6.71. The summed E-state index contributed by atoms with van der Waals surface area (Å²) in [5.74, 6) is 0.163. The van der Waals surface area contributed by atoms with Crippen molar-refractivity contribution in [1.82, 2.24) is 4.98 Å². The van der Waals surface area contributed by atoms with Gasteiger partial charge in [-0.05, 0) is 25.0 Å². The average molecular weight is 190 g/mol. The van der Waals surface area contributed by atoms with Crippen LogP contribution < -0.4 is 5.73 Å². The van der Waals surface area contributed by atoms with Crippen LogP contribution in [0.1, 0.15) is 18.4 Å². The number of nitrogens with two attached hydrogens (primary N) is 1. The number of fused-ring (bicyclic) bond motifs is 1. The lowest BCUT2D eigenvalue weighted by Gasteiger charge is -2.10. The third kappa shape index (κ3) is 0.886. The summed E-state index contributed by atoms with van der Waals surface area (Å²) < 4.78 is 5.07. The fourth-order valence-electron chi connectivity index (χ4n) is 1.72. The van der Waals surface area contributed by atoms with Gasteiger partial charge in [0.2, 0.25) is 0 Å². The Balaban J connectivity index is 2.30. The van der Waals surface area contributed by atoms with Gasteiger partial charge in [-0.1, -0.05) is 0 Å². The molecule has 1 aliphatic rings. The Kier molecular flexibility index (Phi) is 1.27. The molecule has 4 nitrogen and oxygen atoms in total. The van der Waals surface area contributed by atoms with Crippen LogP contribution in [-0.4, -0.2) is 10.1 Å². The van der Waals surface area contributed by atoms with Gasteiger partial charge >= 0.3 is 0 Å². The van der Waals surface area contributed by atoms with Crippen molar-refractivity contribution in [2.45, 2.75) is 18.4 Å². The van der Waals surface area contributed by atoms with Gasteiger partial charge in [-0.2, -0.15) is 0 Å². The molecular weight excluding hydrogens is 180 g/mol. The van der Waals surface area contributed by atoms with E-state index in [4.69, 9.17) is 10.2 Å². The molecule has 1 aliphatic carbocycles. The van der Waals surface area contributed by atoms with E-state index in [1.165, 1.54) is 6.39 Å². The number of nitrogens with zero attached hydrogens (tertiary/aromatic N) is 1. The molecule has 3 N–H and O–H groups in total. The molecule has 1 aromatic heterocycles. The zero-order valence-corrected chi connectivity index (χ0v) is 7.53.